The molecule has 0 spiro atoms. The summed E-state index contributed by atoms with van der Waals surface area (Å²) in [6.45, 7) is 15.4. The Bertz CT molecular complexity index is 392. The number of hydrogen-bond donors (Lipinski definition) is 1. The van der Waals surface area contributed by atoms with Crippen molar-refractivity contribution in [3.8, 4) is 0 Å². The van der Waals surface area contributed by atoms with E-state index < -0.39 is 0 Å². The maximum absolute atomic E-state index is 6.06. The molecule has 0 aliphatic heterocycles. The highest BCUT2D eigenvalue weighted by Crippen LogP contribution is 2.36. The van der Waals surface area contributed by atoms with E-state index in [9.17, 15) is 0 Å². The quantitative estimate of drug-likeness (QED) is 0.804. The van der Waals surface area contributed by atoms with Crippen molar-refractivity contribution in [1.29, 1.82) is 0 Å². The number of rotatable bonds is 1. The van der Waals surface area contributed by atoms with Crippen LogP contribution in [0, 0.1) is 0 Å². The summed E-state index contributed by atoms with van der Waals surface area (Å²) in [5, 5.41) is 0. The van der Waals surface area contributed by atoms with E-state index in [1.807, 2.05) is 13.1 Å². The highest BCUT2D eigenvalue weighted by Gasteiger charge is 2.29. The van der Waals surface area contributed by atoms with Crippen LogP contribution in [0.1, 0.15) is 71.3 Å². The minimum atomic E-state index is -0.0217. The number of aromatic nitrogens is 1. The molecular weight excluding hydrogens is 208 g/mol. The first-order chi connectivity index (χ1) is 7.55. The predicted molar refractivity (Wildman–Crippen MR) is 74.2 cm³/mol. The second-order valence-electron chi connectivity index (χ2n) is 6.91. The van der Waals surface area contributed by atoms with Gasteiger partial charge in [0.2, 0.25) is 0 Å². The van der Waals surface area contributed by atoms with Crippen molar-refractivity contribution in [2.45, 2.75) is 65.3 Å². The fourth-order valence-electron chi connectivity index (χ4n) is 2.24. The summed E-state index contributed by atoms with van der Waals surface area (Å²) in [5.74, 6) is 0. The molecule has 0 saturated heterocycles. The van der Waals surface area contributed by atoms with Crippen molar-refractivity contribution in [3.05, 3.63) is 29.1 Å². The zero-order valence-corrected chi connectivity index (χ0v) is 12.3. The van der Waals surface area contributed by atoms with Crippen LogP contribution in [0.4, 0.5) is 0 Å². The van der Waals surface area contributed by atoms with Gasteiger partial charge < -0.3 is 5.73 Å². The average Bonchev–Trinajstić information content (AvgIpc) is 2.13. The second kappa shape index (κ2) is 4.41. The van der Waals surface area contributed by atoms with E-state index in [0.29, 0.717) is 0 Å². The molecule has 0 aliphatic carbocycles. The third-order valence-electron chi connectivity index (χ3n) is 2.97. The molecule has 2 N–H and O–H groups in total. The minimum Gasteiger partial charge on any atom is -0.323 e. The highest BCUT2D eigenvalue weighted by atomic mass is 14.8. The molecule has 1 unspecified atom stereocenters. The summed E-state index contributed by atoms with van der Waals surface area (Å²) in [6, 6.07) is 2.11. The van der Waals surface area contributed by atoms with Gasteiger partial charge in [-0.05, 0) is 34.9 Å². The second-order valence-corrected chi connectivity index (χ2v) is 6.91. The number of hydrogen-bond acceptors (Lipinski definition) is 2. The van der Waals surface area contributed by atoms with Crippen LogP contribution in [0.15, 0.2) is 12.3 Å². The summed E-state index contributed by atoms with van der Waals surface area (Å²) >= 11 is 0. The van der Waals surface area contributed by atoms with Crippen LogP contribution in [0.3, 0.4) is 0 Å². The predicted octanol–water partition coefficient (Wildman–Crippen LogP) is 3.70. The Morgan fingerprint density at radius 1 is 1.06 bits per heavy atom. The lowest BCUT2D eigenvalue weighted by Gasteiger charge is -2.32. The summed E-state index contributed by atoms with van der Waals surface area (Å²) in [7, 11) is 0. The lowest BCUT2D eigenvalue weighted by atomic mass is 9.74. The van der Waals surface area contributed by atoms with Gasteiger partial charge in [0.25, 0.3) is 0 Å². The smallest absolute Gasteiger partial charge is 0.0608 e. The maximum Gasteiger partial charge on any atom is 0.0608 e. The van der Waals surface area contributed by atoms with Crippen molar-refractivity contribution >= 4 is 0 Å². The van der Waals surface area contributed by atoms with Gasteiger partial charge in [-0.1, -0.05) is 41.5 Å². The van der Waals surface area contributed by atoms with Crippen molar-refractivity contribution in [2.24, 2.45) is 5.73 Å². The van der Waals surface area contributed by atoms with Crippen LogP contribution < -0.4 is 5.73 Å². The zero-order chi connectivity index (χ0) is 13.4. The molecule has 1 rings (SSSR count). The summed E-state index contributed by atoms with van der Waals surface area (Å²) < 4.78 is 0. The molecule has 1 heterocycles. The van der Waals surface area contributed by atoms with Gasteiger partial charge in [0.1, 0.15) is 0 Å². The van der Waals surface area contributed by atoms with E-state index in [0.717, 1.165) is 5.69 Å². The van der Waals surface area contributed by atoms with Crippen LogP contribution in [0.2, 0.25) is 0 Å². The number of nitrogens with zero attached hydrogens (tertiary/aromatic N) is 1. The van der Waals surface area contributed by atoms with Gasteiger partial charge >= 0.3 is 0 Å². The standard InChI is InChI=1S/C15H26N2/c1-10(16)13-12(15(5,6)7)11(8-9-17-13)14(2,3)4/h8-10H,16H2,1-7H3. The Labute approximate surface area is 106 Å². The molecule has 96 valence electrons. The third-order valence-corrected chi connectivity index (χ3v) is 2.97. The van der Waals surface area contributed by atoms with E-state index in [1.165, 1.54) is 11.1 Å². The van der Waals surface area contributed by atoms with E-state index in [-0.39, 0.29) is 16.9 Å². The van der Waals surface area contributed by atoms with Crippen molar-refractivity contribution in [1.82, 2.24) is 4.98 Å². The molecule has 0 bridgehead atoms. The van der Waals surface area contributed by atoms with E-state index in [2.05, 4.69) is 52.6 Å². The van der Waals surface area contributed by atoms with Gasteiger partial charge in [0, 0.05) is 12.2 Å². The van der Waals surface area contributed by atoms with Gasteiger partial charge in [0.05, 0.1) is 5.69 Å². The van der Waals surface area contributed by atoms with Crippen molar-refractivity contribution < 1.29 is 0 Å². The molecule has 0 saturated carbocycles. The van der Waals surface area contributed by atoms with Crippen LogP contribution >= 0.6 is 0 Å². The van der Waals surface area contributed by atoms with Crippen molar-refractivity contribution in [2.75, 3.05) is 0 Å². The first kappa shape index (κ1) is 14.2. The molecule has 2 nitrogen and oxygen atoms in total. The molecule has 0 aromatic carbocycles. The van der Waals surface area contributed by atoms with Gasteiger partial charge in [-0.15, -0.1) is 0 Å². The molecule has 0 amide bonds. The van der Waals surface area contributed by atoms with Crippen LogP contribution in [-0.2, 0) is 10.8 Å². The fraction of sp³-hybridized carbons (Fsp3) is 0.667. The van der Waals surface area contributed by atoms with Gasteiger partial charge in [-0.3, -0.25) is 4.98 Å². The van der Waals surface area contributed by atoms with Crippen LogP contribution in [0.25, 0.3) is 0 Å². The van der Waals surface area contributed by atoms with Gasteiger partial charge in [-0.25, -0.2) is 0 Å². The van der Waals surface area contributed by atoms with Crippen molar-refractivity contribution in [3.63, 3.8) is 0 Å². The van der Waals surface area contributed by atoms with Crippen LogP contribution in [-0.4, -0.2) is 4.98 Å². The van der Waals surface area contributed by atoms with Gasteiger partial charge in [-0.2, -0.15) is 0 Å². The topological polar surface area (TPSA) is 38.9 Å². The average molecular weight is 234 g/mol. The molecule has 1 atom stereocenters. The third kappa shape index (κ3) is 3.06. The minimum absolute atomic E-state index is 0.0217. The largest absolute Gasteiger partial charge is 0.323 e. The number of pyridine rings is 1. The molecule has 17 heavy (non-hydrogen) atoms. The normalized spacial score (nSPS) is 14.8. The Morgan fingerprint density at radius 3 is 1.94 bits per heavy atom. The van der Waals surface area contributed by atoms with E-state index in [1.54, 1.807) is 0 Å². The SMILES string of the molecule is CC(N)c1nccc(C(C)(C)C)c1C(C)(C)C. The Morgan fingerprint density at radius 2 is 1.59 bits per heavy atom. The molecule has 1 aromatic rings. The summed E-state index contributed by atoms with van der Waals surface area (Å²) in [4.78, 5) is 4.49. The maximum atomic E-state index is 6.06. The zero-order valence-electron chi connectivity index (χ0n) is 12.3. The molecule has 2 heteroatoms. The van der Waals surface area contributed by atoms with E-state index in [4.69, 9.17) is 5.73 Å². The monoisotopic (exact) mass is 234 g/mol. The molecule has 0 fully saturated rings. The Hall–Kier alpha value is -0.890. The Balaban J connectivity index is 3.58. The lowest BCUT2D eigenvalue weighted by molar-refractivity contribution is 0.515. The first-order valence-corrected chi connectivity index (χ1v) is 6.30. The fourth-order valence-corrected chi connectivity index (χ4v) is 2.24. The van der Waals surface area contributed by atoms with E-state index >= 15 is 0 Å². The lowest BCUT2D eigenvalue weighted by Crippen LogP contribution is -2.26. The molecule has 0 radical (unpaired) electrons. The summed E-state index contributed by atoms with van der Waals surface area (Å²) in [6.07, 6.45) is 1.88. The first-order valence-electron chi connectivity index (χ1n) is 6.30. The Kier molecular flexibility index (Phi) is 3.68. The van der Waals surface area contributed by atoms with Crippen LogP contribution in [0.5, 0.6) is 0 Å². The molecule has 1 aromatic heterocycles. The molecular formula is C15H26N2. The summed E-state index contributed by atoms with van der Waals surface area (Å²) in [5.41, 5.74) is 9.94. The number of nitrogens with two attached hydrogens (primary N) is 1. The molecule has 0 aliphatic rings. The highest BCUT2D eigenvalue weighted by molar-refractivity contribution is 5.41. The van der Waals surface area contributed by atoms with Gasteiger partial charge in [0.15, 0.2) is 0 Å².